The van der Waals surface area contributed by atoms with Crippen molar-refractivity contribution in [1.82, 2.24) is 29.3 Å². The van der Waals surface area contributed by atoms with Crippen LogP contribution in [0.3, 0.4) is 0 Å². The summed E-state index contributed by atoms with van der Waals surface area (Å²) in [4.78, 5) is 12.9. The summed E-state index contributed by atoms with van der Waals surface area (Å²) >= 11 is 0. The van der Waals surface area contributed by atoms with E-state index in [-0.39, 0.29) is 6.61 Å². The van der Waals surface area contributed by atoms with Gasteiger partial charge in [0.25, 0.3) is 0 Å². The molecule has 2 N–H and O–H groups in total. The standard InChI is InChI=1S/C22H22N8O/c1-15-4-6-16(7-5-15)19-18(10-17(11-23)30-14-25-12-28-30)29(8-3-9-31)22-20(19)21(24-2)26-13-27-22/h4-7,10,12-14,31H,3,8-9H2,1-2H3,(H,24,26,27). The van der Waals surface area contributed by atoms with Crippen LogP contribution < -0.4 is 5.32 Å². The maximum absolute atomic E-state index is 9.80. The predicted octanol–water partition coefficient (Wildman–Crippen LogP) is 2.94. The Morgan fingerprint density at radius 3 is 2.68 bits per heavy atom. The second-order valence-electron chi connectivity index (χ2n) is 7.01. The Bertz CT molecular complexity index is 1260. The number of nitrogens with one attached hydrogen (secondary N) is 1. The van der Waals surface area contributed by atoms with E-state index in [9.17, 15) is 10.4 Å². The van der Waals surface area contributed by atoms with E-state index >= 15 is 0 Å². The fourth-order valence-corrected chi connectivity index (χ4v) is 3.61. The lowest BCUT2D eigenvalue weighted by molar-refractivity contribution is 0.280. The van der Waals surface area contributed by atoms with Crippen LogP contribution in [0.1, 0.15) is 17.7 Å². The van der Waals surface area contributed by atoms with Gasteiger partial charge < -0.3 is 15.0 Å². The Hall–Kier alpha value is -4.03. The van der Waals surface area contributed by atoms with Crippen molar-refractivity contribution in [2.45, 2.75) is 19.9 Å². The van der Waals surface area contributed by atoms with Crippen molar-refractivity contribution in [1.29, 1.82) is 5.26 Å². The Labute approximate surface area is 179 Å². The van der Waals surface area contributed by atoms with Gasteiger partial charge in [0.15, 0.2) is 0 Å². The van der Waals surface area contributed by atoms with Gasteiger partial charge in [-0.2, -0.15) is 10.4 Å². The average Bonchev–Trinajstić information content (AvgIpc) is 3.43. The number of hydrogen-bond acceptors (Lipinski definition) is 7. The number of aromatic nitrogens is 6. The van der Waals surface area contributed by atoms with Crippen LogP contribution in [0.5, 0.6) is 0 Å². The molecule has 0 aliphatic heterocycles. The van der Waals surface area contributed by atoms with Crippen molar-refractivity contribution in [2.24, 2.45) is 0 Å². The van der Waals surface area contributed by atoms with Crippen LogP contribution in [0.25, 0.3) is 33.9 Å². The van der Waals surface area contributed by atoms with E-state index in [1.54, 1.807) is 6.08 Å². The van der Waals surface area contributed by atoms with E-state index in [0.717, 1.165) is 33.4 Å². The Balaban J connectivity index is 2.10. The van der Waals surface area contributed by atoms with E-state index in [0.29, 0.717) is 24.5 Å². The number of anilines is 1. The maximum Gasteiger partial charge on any atom is 0.146 e. The SMILES string of the molecule is CNc1ncnc2c1c(-c1ccc(C)cc1)c(C=C(C#N)n1cncn1)n2CCCO. The molecule has 0 saturated heterocycles. The number of aliphatic hydroxyl groups is 1. The molecular weight excluding hydrogens is 392 g/mol. The van der Waals surface area contributed by atoms with Crippen LogP contribution >= 0.6 is 0 Å². The van der Waals surface area contributed by atoms with Crippen molar-refractivity contribution in [3.8, 4) is 17.2 Å². The molecule has 0 unspecified atom stereocenters. The average molecular weight is 414 g/mol. The van der Waals surface area contributed by atoms with Crippen LogP contribution in [0, 0.1) is 18.3 Å². The largest absolute Gasteiger partial charge is 0.396 e. The summed E-state index contributed by atoms with van der Waals surface area (Å²) in [5.41, 5.74) is 4.87. The third-order valence-corrected chi connectivity index (χ3v) is 5.05. The van der Waals surface area contributed by atoms with Gasteiger partial charge >= 0.3 is 0 Å². The van der Waals surface area contributed by atoms with Gasteiger partial charge in [-0.3, -0.25) is 0 Å². The van der Waals surface area contributed by atoms with E-state index in [1.165, 1.54) is 23.7 Å². The van der Waals surface area contributed by atoms with Gasteiger partial charge in [-0.15, -0.1) is 0 Å². The molecule has 31 heavy (non-hydrogen) atoms. The van der Waals surface area contributed by atoms with Crippen LogP contribution in [0.4, 0.5) is 5.82 Å². The highest BCUT2D eigenvalue weighted by atomic mass is 16.3. The monoisotopic (exact) mass is 414 g/mol. The molecule has 9 nitrogen and oxygen atoms in total. The molecular formula is C22H22N8O. The lowest BCUT2D eigenvalue weighted by Gasteiger charge is -2.09. The number of allylic oxidation sites excluding steroid dienone is 1. The molecule has 4 aromatic rings. The van der Waals surface area contributed by atoms with Crippen molar-refractivity contribution in [2.75, 3.05) is 19.0 Å². The van der Waals surface area contributed by atoms with Crippen molar-refractivity contribution in [3.63, 3.8) is 0 Å². The Morgan fingerprint density at radius 2 is 2.03 bits per heavy atom. The molecule has 1 aromatic carbocycles. The summed E-state index contributed by atoms with van der Waals surface area (Å²) in [5, 5.41) is 27.4. The molecule has 0 aliphatic carbocycles. The van der Waals surface area contributed by atoms with Gasteiger partial charge in [0.05, 0.1) is 11.1 Å². The summed E-state index contributed by atoms with van der Waals surface area (Å²) in [6, 6.07) is 10.4. The van der Waals surface area contributed by atoms with Gasteiger partial charge in [0.1, 0.15) is 42.2 Å². The summed E-state index contributed by atoms with van der Waals surface area (Å²) in [7, 11) is 1.82. The summed E-state index contributed by atoms with van der Waals surface area (Å²) < 4.78 is 3.44. The first kappa shape index (κ1) is 20.3. The molecule has 3 aromatic heterocycles. The second kappa shape index (κ2) is 8.77. The minimum atomic E-state index is 0.0425. The number of nitriles is 1. The lowest BCUT2D eigenvalue weighted by atomic mass is 10.0. The molecule has 0 fully saturated rings. The predicted molar refractivity (Wildman–Crippen MR) is 119 cm³/mol. The normalized spacial score (nSPS) is 11.6. The smallest absolute Gasteiger partial charge is 0.146 e. The van der Waals surface area contributed by atoms with E-state index < -0.39 is 0 Å². The zero-order valence-electron chi connectivity index (χ0n) is 17.3. The van der Waals surface area contributed by atoms with Crippen LogP contribution in [0.2, 0.25) is 0 Å². The number of aliphatic hydroxyl groups excluding tert-OH is 1. The zero-order valence-corrected chi connectivity index (χ0v) is 17.3. The summed E-state index contributed by atoms with van der Waals surface area (Å²) in [5.74, 6) is 0.692. The van der Waals surface area contributed by atoms with Gasteiger partial charge in [-0.25, -0.2) is 19.6 Å². The first-order valence-corrected chi connectivity index (χ1v) is 9.87. The summed E-state index contributed by atoms with van der Waals surface area (Å²) in [6.07, 6.45) is 6.71. The highest BCUT2D eigenvalue weighted by Crippen LogP contribution is 2.39. The fraction of sp³-hybridized carbons (Fsp3) is 0.227. The van der Waals surface area contributed by atoms with Crippen LogP contribution in [-0.4, -0.2) is 48.1 Å². The van der Waals surface area contributed by atoms with Crippen molar-refractivity contribution >= 4 is 28.6 Å². The number of fused-ring (bicyclic) bond motifs is 1. The maximum atomic E-state index is 9.80. The molecule has 0 amide bonds. The Morgan fingerprint density at radius 1 is 1.23 bits per heavy atom. The molecule has 0 aliphatic rings. The van der Waals surface area contributed by atoms with Crippen molar-refractivity contribution < 1.29 is 5.11 Å². The van der Waals surface area contributed by atoms with Gasteiger partial charge in [-0.05, 0) is 25.0 Å². The Kier molecular flexibility index (Phi) is 5.73. The third-order valence-electron chi connectivity index (χ3n) is 5.05. The molecule has 3 heterocycles. The van der Waals surface area contributed by atoms with E-state index in [2.05, 4.69) is 31.4 Å². The minimum absolute atomic E-state index is 0.0425. The number of rotatable bonds is 7. The van der Waals surface area contributed by atoms with E-state index in [4.69, 9.17) is 0 Å². The molecule has 0 saturated carbocycles. The highest BCUT2D eigenvalue weighted by molar-refractivity contribution is 6.06. The highest BCUT2D eigenvalue weighted by Gasteiger charge is 2.22. The zero-order chi connectivity index (χ0) is 21.8. The first-order chi connectivity index (χ1) is 15.2. The number of aryl methyl sites for hydroxylation is 2. The molecule has 0 atom stereocenters. The third kappa shape index (κ3) is 3.76. The van der Waals surface area contributed by atoms with Gasteiger partial charge in [-0.1, -0.05) is 29.8 Å². The second-order valence-corrected chi connectivity index (χ2v) is 7.01. The topological polar surface area (TPSA) is 117 Å². The number of benzene rings is 1. The van der Waals surface area contributed by atoms with Crippen LogP contribution in [0.15, 0.2) is 43.2 Å². The molecule has 156 valence electrons. The van der Waals surface area contributed by atoms with Gasteiger partial charge in [0.2, 0.25) is 0 Å². The fourth-order valence-electron chi connectivity index (χ4n) is 3.61. The lowest BCUT2D eigenvalue weighted by Crippen LogP contribution is -2.05. The first-order valence-electron chi connectivity index (χ1n) is 9.87. The van der Waals surface area contributed by atoms with Crippen molar-refractivity contribution in [3.05, 3.63) is 54.5 Å². The van der Waals surface area contributed by atoms with E-state index in [1.807, 2.05) is 42.8 Å². The summed E-state index contributed by atoms with van der Waals surface area (Å²) in [6.45, 7) is 2.61. The van der Waals surface area contributed by atoms with Gasteiger partial charge in [0, 0.05) is 25.8 Å². The molecule has 0 bridgehead atoms. The molecule has 0 radical (unpaired) electrons. The molecule has 0 spiro atoms. The number of nitrogens with zero attached hydrogens (tertiary/aromatic N) is 7. The van der Waals surface area contributed by atoms with Crippen LogP contribution in [-0.2, 0) is 6.54 Å². The molecule has 4 rings (SSSR count). The quantitative estimate of drug-likeness (QED) is 0.446. The number of hydrogen-bond donors (Lipinski definition) is 2. The minimum Gasteiger partial charge on any atom is -0.396 e. The molecule has 9 heteroatoms.